The number of hydrogen-bond donors (Lipinski definition) is 1. The monoisotopic (exact) mass is 359 g/mol. The van der Waals surface area contributed by atoms with Crippen LogP contribution in [0.15, 0.2) is 22.7 Å². The lowest BCUT2D eigenvalue weighted by Crippen LogP contribution is -2.34. The van der Waals surface area contributed by atoms with Crippen molar-refractivity contribution in [3.63, 3.8) is 0 Å². The quantitative estimate of drug-likeness (QED) is 0.878. The maximum absolute atomic E-state index is 13.0. The first-order valence-corrected chi connectivity index (χ1v) is 7.70. The number of benzene rings is 1. The number of carbonyl (C=O) groups is 1. The van der Waals surface area contributed by atoms with Gasteiger partial charge in [0.1, 0.15) is 5.82 Å². The van der Waals surface area contributed by atoms with Crippen LogP contribution in [0, 0.1) is 11.7 Å². The number of amides is 1. The van der Waals surface area contributed by atoms with Gasteiger partial charge in [0, 0.05) is 17.4 Å². The van der Waals surface area contributed by atoms with E-state index in [1.807, 2.05) is 13.8 Å². The first-order valence-electron chi connectivity index (χ1n) is 6.91. The lowest BCUT2D eigenvalue weighted by Gasteiger charge is -2.26. The van der Waals surface area contributed by atoms with Crippen molar-refractivity contribution in [2.24, 2.45) is 5.92 Å². The largest absolute Gasteiger partial charge is 0.352 e. The van der Waals surface area contributed by atoms with E-state index in [2.05, 4.69) is 21.2 Å². The Hall–Kier alpha value is -0.980. The zero-order chi connectivity index (χ0) is 15.5. The third kappa shape index (κ3) is 4.49. The van der Waals surface area contributed by atoms with Crippen LogP contribution in [0.3, 0.4) is 0 Å². The Labute approximate surface area is 132 Å². The summed E-state index contributed by atoms with van der Waals surface area (Å²) in [6.45, 7) is 5.66. The molecule has 1 heterocycles. The molecule has 21 heavy (non-hydrogen) atoms. The Bertz CT molecular complexity index is 518. The van der Waals surface area contributed by atoms with E-state index in [1.54, 1.807) is 0 Å². The lowest BCUT2D eigenvalue weighted by molar-refractivity contribution is -0.153. The van der Waals surface area contributed by atoms with Crippen molar-refractivity contribution in [1.29, 1.82) is 0 Å². The number of hydrogen-bond acceptors (Lipinski definition) is 3. The molecule has 1 aliphatic heterocycles. The summed E-state index contributed by atoms with van der Waals surface area (Å²) in [6.07, 6.45) is 0.706. The molecule has 0 bridgehead atoms. The topological polar surface area (TPSA) is 47.6 Å². The molecule has 0 aliphatic carbocycles. The fraction of sp³-hybridized carbons (Fsp3) is 0.533. The van der Waals surface area contributed by atoms with E-state index >= 15 is 0 Å². The zero-order valence-electron chi connectivity index (χ0n) is 12.1. The second kappa shape index (κ2) is 6.85. The summed E-state index contributed by atoms with van der Waals surface area (Å²) in [5, 5.41) is 2.85. The summed E-state index contributed by atoms with van der Waals surface area (Å²) < 4.78 is 24.6. The SMILES string of the molecule is CC(CNC(=O)c1ccc(F)cc1Br)CC1(C)OCCO1. The number of halogens is 2. The average Bonchev–Trinajstić information content (AvgIpc) is 2.82. The van der Waals surface area contributed by atoms with Gasteiger partial charge >= 0.3 is 0 Å². The number of rotatable bonds is 5. The average molecular weight is 360 g/mol. The highest BCUT2D eigenvalue weighted by Crippen LogP contribution is 2.26. The Morgan fingerprint density at radius 3 is 2.76 bits per heavy atom. The minimum Gasteiger partial charge on any atom is -0.352 e. The fourth-order valence-electron chi connectivity index (χ4n) is 2.42. The molecule has 2 rings (SSSR count). The molecule has 1 aromatic carbocycles. The van der Waals surface area contributed by atoms with E-state index in [4.69, 9.17) is 9.47 Å². The van der Waals surface area contributed by atoms with Gasteiger partial charge in [-0.15, -0.1) is 0 Å². The van der Waals surface area contributed by atoms with Crippen LogP contribution in [-0.2, 0) is 9.47 Å². The van der Waals surface area contributed by atoms with Gasteiger partial charge in [-0.1, -0.05) is 6.92 Å². The summed E-state index contributed by atoms with van der Waals surface area (Å²) in [7, 11) is 0. The van der Waals surface area contributed by atoms with Gasteiger partial charge in [-0.3, -0.25) is 4.79 Å². The molecule has 0 spiro atoms. The predicted octanol–water partition coefficient (Wildman–Crippen LogP) is 3.11. The number of carbonyl (C=O) groups excluding carboxylic acids is 1. The van der Waals surface area contributed by atoms with Gasteiger partial charge < -0.3 is 14.8 Å². The molecule has 0 aromatic heterocycles. The van der Waals surface area contributed by atoms with Gasteiger partial charge in [-0.2, -0.15) is 0 Å². The van der Waals surface area contributed by atoms with Crippen LogP contribution >= 0.6 is 15.9 Å². The molecular formula is C15H19BrFNO3. The van der Waals surface area contributed by atoms with E-state index in [0.717, 1.165) is 0 Å². The van der Waals surface area contributed by atoms with Crippen LogP contribution < -0.4 is 5.32 Å². The minimum atomic E-state index is -0.555. The van der Waals surface area contributed by atoms with Gasteiger partial charge in [0.05, 0.1) is 18.8 Å². The molecule has 4 nitrogen and oxygen atoms in total. The van der Waals surface area contributed by atoms with Crippen molar-refractivity contribution in [3.05, 3.63) is 34.1 Å². The molecule has 6 heteroatoms. The van der Waals surface area contributed by atoms with E-state index in [-0.39, 0.29) is 17.6 Å². The van der Waals surface area contributed by atoms with Gasteiger partial charge in [-0.05, 0) is 47.0 Å². The molecule has 1 saturated heterocycles. The van der Waals surface area contributed by atoms with Crippen molar-refractivity contribution in [2.75, 3.05) is 19.8 Å². The Morgan fingerprint density at radius 2 is 2.14 bits per heavy atom. The van der Waals surface area contributed by atoms with Crippen molar-refractivity contribution in [3.8, 4) is 0 Å². The minimum absolute atomic E-state index is 0.205. The van der Waals surface area contributed by atoms with Crippen LogP contribution in [0.1, 0.15) is 30.6 Å². The maximum Gasteiger partial charge on any atom is 0.252 e. The molecular weight excluding hydrogens is 341 g/mol. The predicted molar refractivity (Wildman–Crippen MR) is 80.5 cm³/mol. The highest BCUT2D eigenvalue weighted by Gasteiger charge is 2.32. The second-order valence-corrected chi connectivity index (χ2v) is 6.33. The molecule has 1 amide bonds. The summed E-state index contributed by atoms with van der Waals surface area (Å²) in [6, 6.07) is 4.01. The van der Waals surface area contributed by atoms with Crippen LogP contribution in [0.2, 0.25) is 0 Å². The van der Waals surface area contributed by atoms with E-state index in [1.165, 1.54) is 18.2 Å². The smallest absolute Gasteiger partial charge is 0.252 e. The molecule has 116 valence electrons. The molecule has 1 aromatic rings. The lowest BCUT2D eigenvalue weighted by atomic mass is 10.0. The molecule has 1 fully saturated rings. The molecule has 1 atom stereocenters. The summed E-state index contributed by atoms with van der Waals surface area (Å²) in [5.74, 6) is -0.959. The summed E-state index contributed by atoms with van der Waals surface area (Å²) in [5.41, 5.74) is 0.420. The third-order valence-electron chi connectivity index (χ3n) is 3.40. The van der Waals surface area contributed by atoms with Crippen molar-refractivity contribution in [2.45, 2.75) is 26.1 Å². The van der Waals surface area contributed by atoms with E-state index in [0.29, 0.717) is 36.2 Å². The first kappa shape index (κ1) is 16.4. The van der Waals surface area contributed by atoms with Crippen LogP contribution in [0.5, 0.6) is 0 Å². The Balaban J connectivity index is 1.85. The van der Waals surface area contributed by atoms with Crippen molar-refractivity contribution in [1.82, 2.24) is 5.32 Å². The highest BCUT2D eigenvalue weighted by atomic mass is 79.9. The third-order valence-corrected chi connectivity index (χ3v) is 4.06. The Kier molecular flexibility index (Phi) is 5.35. The first-order chi connectivity index (χ1) is 9.89. The van der Waals surface area contributed by atoms with Gasteiger partial charge in [0.25, 0.3) is 5.91 Å². The zero-order valence-corrected chi connectivity index (χ0v) is 13.7. The van der Waals surface area contributed by atoms with Gasteiger partial charge in [0.15, 0.2) is 5.79 Å². The second-order valence-electron chi connectivity index (χ2n) is 5.47. The maximum atomic E-state index is 13.0. The highest BCUT2D eigenvalue weighted by molar-refractivity contribution is 9.10. The Morgan fingerprint density at radius 1 is 1.48 bits per heavy atom. The standard InChI is InChI=1S/C15H19BrFNO3/c1-10(8-15(2)20-5-6-21-15)9-18-14(19)12-4-3-11(17)7-13(12)16/h3-4,7,10H,5-6,8-9H2,1-2H3,(H,18,19). The van der Waals surface area contributed by atoms with E-state index < -0.39 is 5.79 Å². The summed E-state index contributed by atoms with van der Waals surface area (Å²) >= 11 is 3.19. The van der Waals surface area contributed by atoms with Crippen LogP contribution in [0.4, 0.5) is 4.39 Å². The molecule has 0 saturated carbocycles. The van der Waals surface area contributed by atoms with Crippen molar-refractivity contribution < 1.29 is 18.7 Å². The van der Waals surface area contributed by atoms with Gasteiger partial charge in [0.2, 0.25) is 0 Å². The molecule has 1 aliphatic rings. The number of ether oxygens (including phenoxy) is 2. The fourth-order valence-corrected chi connectivity index (χ4v) is 2.95. The van der Waals surface area contributed by atoms with Crippen molar-refractivity contribution >= 4 is 21.8 Å². The van der Waals surface area contributed by atoms with Crippen LogP contribution in [-0.4, -0.2) is 31.5 Å². The molecule has 1 unspecified atom stereocenters. The normalized spacial score (nSPS) is 18.5. The molecule has 1 N–H and O–H groups in total. The molecule has 0 radical (unpaired) electrons. The van der Waals surface area contributed by atoms with Gasteiger partial charge in [-0.25, -0.2) is 4.39 Å². The summed E-state index contributed by atoms with van der Waals surface area (Å²) in [4.78, 5) is 12.1. The van der Waals surface area contributed by atoms with Crippen LogP contribution in [0.25, 0.3) is 0 Å². The number of nitrogens with one attached hydrogen (secondary N) is 1. The van der Waals surface area contributed by atoms with E-state index in [9.17, 15) is 9.18 Å².